The van der Waals surface area contributed by atoms with Crippen molar-refractivity contribution in [3.05, 3.63) is 74.6 Å². The largest absolute Gasteiger partial charge is 0.497 e. The number of carbonyl (C=O) groups is 2. The third-order valence-corrected chi connectivity index (χ3v) is 5.54. The van der Waals surface area contributed by atoms with Crippen molar-refractivity contribution in [1.29, 1.82) is 0 Å². The van der Waals surface area contributed by atoms with E-state index in [1.54, 1.807) is 42.9 Å². The molecule has 1 amide bonds. The van der Waals surface area contributed by atoms with Crippen LogP contribution in [0.2, 0.25) is 0 Å². The molecule has 1 atom stereocenters. The number of anilines is 1. The molecule has 0 spiro atoms. The van der Waals surface area contributed by atoms with E-state index in [1.807, 2.05) is 18.2 Å². The number of nitrogens with zero attached hydrogens (tertiary/aromatic N) is 2. The number of esters is 1. The van der Waals surface area contributed by atoms with Gasteiger partial charge in [-0.2, -0.15) is 0 Å². The van der Waals surface area contributed by atoms with E-state index in [4.69, 9.17) is 9.47 Å². The molecule has 0 saturated carbocycles. The second-order valence-electron chi connectivity index (χ2n) is 6.82. The minimum Gasteiger partial charge on any atom is -0.497 e. The number of ether oxygens (including phenoxy) is 2. The second-order valence-corrected chi connectivity index (χ2v) is 7.67. The Bertz CT molecular complexity index is 1180. The topological polar surface area (TPSA) is 91.6 Å². The van der Waals surface area contributed by atoms with Gasteiger partial charge in [0, 0.05) is 11.5 Å². The van der Waals surface area contributed by atoms with Gasteiger partial charge in [0.2, 0.25) is 0 Å². The summed E-state index contributed by atoms with van der Waals surface area (Å²) in [5, 5.41) is 2.60. The van der Waals surface area contributed by atoms with Crippen LogP contribution in [0.25, 0.3) is 5.69 Å². The Labute approximate surface area is 187 Å². The maximum Gasteiger partial charge on any atom is 0.340 e. The van der Waals surface area contributed by atoms with Crippen molar-refractivity contribution in [2.24, 2.45) is 7.05 Å². The highest BCUT2D eigenvalue weighted by Gasteiger charge is 2.24. The Kier molecular flexibility index (Phi) is 6.65. The molecular formula is C22H22BrN3O5. The molecule has 1 N–H and O–H groups in total. The summed E-state index contributed by atoms with van der Waals surface area (Å²) < 4.78 is 14.0. The highest BCUT2D eigenvalue weighted by molar-refractivity contribution is 9.10. The second kappa shape index (κ2) is 9.22. The summed E-state index contributed by atoms with van der Waals surface area (Å²) in [5.74, 6) is -0.827. The molecule has 9 heteroatoms. The predicted octanol–water partition coefficient (Wildman–Crippen LogP) is 3.44. The molecule has 0 bridgehead atoms. The number of hydrogen-bond acceptors (Lipinski definition) is 5. The van der Waals surface area contributed by atoms with E-state index in [0.717, 1.165) is 0 Å². The fourth-order valence-corrected chi connectivity index (χ4v) is 3.41. The van der Waals surface area contributed by atoms with Crippen molar-refractivity contribution in [3.63, 3.8) is 0 Å². The first-order chi connectivity index (χ1) is 14.7. The van der Waals surface area contributed by atoms with E-state index in [-0.39, 0.29) is 16.8 Å². The van der Waals surface area contributed by atoms with E-state index in [2.05, 4.69) is 21.2 Å². The van der Waals surface area contributed by atoms with Crippen LogP contribution in [0.3, 0.4) is 0 Å². The number of aromatic nitrogens is 2. The van der Waals surface area contributed by atoms with Gasteiger partial charge in [-0.25, -0.2) is 9.48 Å². The summed E-state index contributed by atoms with van der Waals surface area (Å²) in [7, 11) is 3.21. The van der Waals surface area contributed by atoms with Crippen molar-refractivity contribution < 1.29 is 19.1 Å². The Balaban J connectivity index is 1.79. The number of carbonyl (C=O) groups excluding carboxylic acids is 2. The first kappa shape index (κ1) is 22.4. The molecule has 0 aliphatic rings. The highest BCUT2D eigenvalue weighted by atomic mass is 79.9. The lowest BCUT2D eigenvalue weighted by molar-refractivity contribution is -0.123. The number of rotatable bonds is 6. The van der Waals surface area contributed by atoms with E-state index >= 15 is 0 Å². The summed E-state index contributed by atoms with van der Waals surface area (Å²) in [6.07, 6.45) is -1.13. The molecule has 3 rings (SSSR count). The van der Waals surface area contributed by atoms with Gasteiger partial charge in [0.25, 0.3) is 11.5 Å². The van der Waals surface area contributed by atoms with Gasteiger partial charge >= 0.3 is 5.97 Å². The zero-order valence-corrected chi connectivity index (χ0v) is 19.1. The average Bonchev–Trinajstić information content (AvgIpc) is 2.97. The van der Waals surface area contributed by atoms with Crippen molar-refractivity contribution in [1.82, 2.24) is 9.36 Å². The van der Waals surface area contributed by atoms with Crippen LogP contribution in [-0.4, -0.2) is 34.5 Å². The Morgan fingerprint density at radius 1 is 1.13 bits per heavy atom. The molecule has 1 aromatic heterocycles. The van der Waals surface area contributed by atoms with Crippen molar-refractivity contribution >= 4 is 33.5 Å². The lowest BCUT2D eigenvalue weighted by Gasteiger charge is -2.14. The zero-order chi connectivity index (χ0) is 22.7. The Morgan fingerprint density at radius 3 is 2.45 bits per heavy atom. The summed E-state index contributed by atoms with van der Waals surface area (Å²) in [4.78, 5) is 38.1. The molecule has 2 aromatic carbocycles. The minimum atomic E-state index is -1.13. The molecule has 0 aliphatic carbocycles. The summed E-state index contributed by atoms with van der Waals surface area (Å²) >= 11 is 3.29. The number of nitrogens with one attached hydrogen (secondary N) is 1. The SMILES string of the molecule is COc1ccc(Br)c(C(=O)OC(C)C(=O)Nc2c(C)n(C)n(-c3ccccc3)c2=O)c1. The van der Waals surface area contributed by atoms with Crippen molar-refractivity contribution in [2.45, 2.75) is 20.0 Å². The maximum absolute atomic E-state index is 12.9. The van der Waals surface area contributed by atoms with Gasteiger partial charge in [-0.15, -0.1) is 0 Å². The van der Waals surface area contributed by atoms with Crippen LogP contribution in [0.5, 0.6) is 5.75 Å². The van der Waals surface area contributed by atoms with Crippen molar-refractivity contribution in [3.8, 4) is 11.4 Å². The molecule has 3 aromatic rings. The molecule has 1 unspecified atom stereocenters. The van der Waals surface area contributed by atoms with E-state index in [0.29, 0.717) is 21.6 Å². The standard InChI is InChI=1S/C22H22BrN3O5/c1-13-19(21(28)26(25(13)3)15-8-6-5-7-9-15)24-20(27)14(2)31-22(29)17-12-16(30-4)10-11-18(17)23/h5-12,14H,1-4H3,(H,24,27). The molecule has 31 heavy (non-hydrogen) atoms. The third kappa shape index (κ3) is 4.56. The highest BCUT2D eigenvalue weighted by Crippen LogP contribution is 2.24. The molecule has 8 nitrogen and oxygen atoms in total. The fourth-order valence-electron chi connectivity index (χ4n) is 3.00. The zero-order valence-electron chi connectivity index (χ0n) is 17.5. The quantitative estimate of drug-likeness (QED) is 0.537. The number of benzene rings is 2. The van der Waals surface area contributed by atoms with Crippen LogP contribution in [-0.2, 0) is 16.6 Å². The number of para-hydroxylation sites is 1. The number of halogens is 1. The van der Waals surface area contributed by atoms with Crippen LogP contribution in [0.1, 0.15) is 23.0 Å². The van der Waals surface area contributed by atoms with Gasteiger partial charge in [-0.3, -0.25) is 14.3 Å². The van der Waals surface area contributed by atoms with Crippen LogP contribution < -0.4 is 15.6 Å². The van der Waals surface area contributed by atoms with Gasteiger partial charge in [-0.05, 0) is 60.1 Å². The molecule has 0 aliphatic heterocycles. The van der Waals surface area contributed by atoms with Crippen molar-refractivity contribution in [2.75, 3.05) is 12.4 Å². The molecule has 0 radical (unpaired) electrons. The number of hydrogen-bond donors (Lipinski definition) is 1. The van der Waals surface area contributed by atoms with Crippen LogP contribution in [0, 0.1) is 6.92 Å². The van der Waals surface area contributed by atoms with Crippen LogP contribution in [0.4, 0.5) is 5.69 Å². The Morgan fingerprint density at radius 2 is 1.81 bits per heavy atom. The van der Waals surface area contributed by atoms with Gasteiger partial charge in [-0.1, -0.05) is 18.2 Å². The lowest BCUT2D eigenvalue weighted by Crippen LogP contribution is -2.32. The number of amides is 1. The summed E-state index contributed by atoms with van der Waals surface area (Å²) in [6, 6.07) is 13.9. The normalized spacial score (nSPS) is 11.6. The first-order valence-electron chi connectivity index (χ1n) is 9.44. The van der Waals surface area contributed by atoms with Crippen LogP contribution >= 0.6 is 15.9 Å². The summed E-state index contributed by atoms with van der Waals surface area (Å²) in [6.45, 7) is 3.16. The maximum atomic E-state index is 12.9. The molecule has 0 saturated heterocycles. The minimum absolute atomic E-state index is 0.127. The molecular weight excluding hydrogens is 466 g/mol. The third-order valence-electron chi connectivity index (χ3n) is 4.85. The van der Waals surface area contributed by atoms with Gasteiger partial charge in [0.05, 0.1) is 24.1 Å². The monoisotopic (exact) mass is 487 g/mol. The van der Waals surface area contributed by atoms with E-state index in [9.17, 15) is 14.4 Å². The molecule has 0 fully saturated rings. The van der Waals surface area contributed by atoms with Gasteiger partial charge in [0.1, 0.15) is 11.4 Å². The van der Waals surface area contributed by atoms with Gasteiger partial charge in [0.15, 0.2) is 6.10 Å². The fraction of sp³-hybridized carbons (Fsp3) is 0.227. The molecule has 1 heterocycles. The lowest BCUT2D eigenvalue weighted by atomic mass is 10.2. The smallest absolute Gasteiger partial charge is 0.340 e. The van der Waals surface area contributed by atoms with Crippen LogP contribution in [0.15, 0.2) is 57.8 Å². The van der Waals surface area contributed by atoms with Gasteiger partial charge < -0.3 is 14.8 Å². The first-order valence-corrected chi connectivity index (χ1v) is 10.2. The molecule has 162 valence electrons. The summed E-state index contributed by atoms with van der Waals surface area (Å²) in [5.41, 5.74) is 1.20. The van der Waals surface area contributed by atoms with E-state index < -0.39 is 18.0 Å². The average molecular weight is 488 g/mol. The Hall–Kier alpha value is -3.33. The van der Waals surface area contributed by atoms with E-state index in [1.165, 1.54) is 24.8 Å². The number of methoxy groups -OCH3 is 1. The predicted molar refractivity (Wildman–Crippen MR) is 120 cm³/mol.